The van der Waals surface area contributed by atoms with Crippen LogP contribution in [0.2, 0.25) is 5.02 Å². The van der Waals surface area contributed by atoms with Gasteiger partial charge >= 0.3 is 5.97 Å². The Morgan fingerprint density at radius 3 is 2.81 bits per heavy atom. The molecule has 1 heterocycles. The van der Waals surface area contributed by atoms with E-state index in [4.69, 9.17) is 16.3 Å². The molecule has 0 N–H and O–H groups in total. The molecular formula is C19H14ClFN2O3S. The Morgan fingerprint density at radius 2 is 2.15 bits per heavy atom. The number of rotatable bonds is 4. The summed E-state index contributed by atoms with van der Waals surface area (Å²) in [4.78, 5) is 28.6. The zero-order valence-corrected chi connectivity index (χ0v) is 15.8. The fourth-order valence-corrected chi connectivity index (χ4v) is 3.87. The number of aromatic nitrogens is 1. The van der Waals surface area contributed by atoms with E-state index in [-0.39, 0.29) is 10.6 Å². The standard InChI is InChI=1S/C19H14ClFN2O3S/c1-3-9-23-14-8-7-11(18(25)26-2)10-15(14)27-19(23)22-17(24)16-12(20)5-4-6-13(16)21/h3-8,10H,1,9H2,2H3. The maximum Gasteiger partial charge on any atom is 0.337 e. The molecule has 0 fully saturated rings. The van der Waals surface area contributed by atoms with Gasteiger partial charge in [0.15, 0.2) is 4.80 Å². The number of hydrogen-bond acceptors (Lipinski definition) is 4. The number of carbonyl (C=O) groups is 2. The van der Waals surface area contributed by atoms with Gasteiger partial charge in [-0.05, 0) is 30.3 Å². The molecule has 0 aliphatic rings. The predicted molar refractivity (Wildman–Crippen MR) is 103 cm³/mol. The maximum absolute atomic E-state index is 14.0. The monoisotopic (exact) mass is 404 g/mol. The zero-order valence-electron chi connectivity index (χ0n) is 14.2. The number of benzene rings is 2. The van der Waals surface area contributed by atoms with Crippen molar-refractivity contribution in [3.8, 4) is 0 Å². The van der Waals surface area contributed by atoms with Crippen LogP contribution >= 0.6 is 22.9 Å². The van der Waals surface area contributed by atoms with E-state index in [1.165, 1.54) is 30.6 Å². The lowest BCUT2D eigenvalue weighted by Gasteiger charge is -2.03. The lowest BCUT2D eigenvalue weighted by atomic mass is 10.2. The Labute approximate surface area is 163 Å². The first-order chi connectivity index (χ1) is 13.0. The molecule has 5 nitrogen and oxygen atoms in total. The summed E-state index contributed by atoms with van der Waals surface area (Å²) < 4.78 is 21.2. The highest BCUT2D eigenvalue weighted by molar-refractivity contribution is 7.16. The molecule has 1 amide bonds. The predicted octanol–water partition coefficient (Wildman–Crippen LogP) is 4.21. The Bertz CT molecular complexity index is 1110. The topological polar surface area (TPSA) is 60.7 Å². The van der Waals surface area contributed by atoms with E-state index in [0.29, 0.717) is 16.9 Å². The molecule has 0 atom stereocenters. The molecule has 0 saturated heterocycles. The van der Waals surface area contributed by atoms with Crippen molar-refractivity contribution in [3.63, 3.8) is 0 Å². The van der Waals surface area contributed by atoms with Crippen molar-refractivity contribution >= 4 is 45.0 Å². The average Bonchev–Trinajstić information content (AvgIpc) is 2.97. The van der Waals surface area contributed by atoms with Gasteiger partial charge in [-0.2, -0.15) is 4.99 Å². The van der Waals surface area contributed by atoms with E-state index >= 15 is 0 Å². The number of fused-ring (bicyclic) bond motifs is 1. The van der Waals surface area contributed by atoms with Crippen LogP contribution in [0.15, 0.2) is 54.0 Å². The van der Waals surface area contributed by atoms with Crippen LogP contribution in [0.1, 0.15) is 20.7 Å². The molecule has 8 heteroatoms. The highest BCUT2D eigenvalue weighted by Crippen LogP contribution is 2.22. The van der Waals surface area contributed by atoms with Gasteiger partial charge in [-0.3, -0.25) is 4.79 Å². The number of allylic oxidation sites excluding steroid dienone is 1. The van der Waals surface area contributed by atoms with E-state index in [2.05, 4.69) is 11.6 Å². The molecule has 138 valence electrons. The van der Waals surface area contributed by atoms with Crippen LogP contribution in [0, 0.1) is 5.82 Å². The van der Waals surface area contributed by atoms with Crippen LogP contribution in [-0.4, -0.2) is 23.6 Å². The molecule has 0 aliphatic carbocycles. The summed E-state index contributed by atoms with van der Waals surface area (Å²) in [6.07, 6.45) is 1.65. The van der Waals surface area contributed by atoms with Gasteiger partial charge in [-0.1, -0.05) is 35.1 Å². The summed E-state index contributed by atoms with van der Waals surface area (Å²) in [6, 6.07) is 9.02. The quantitative estimate of drug-likeness (QED) is 0.483. The smallest absolute Gasteiger partial charge is 0.337 e. The van der Waals surface area contributed by atoms with Crippen molar-refractivity contribution in [2.75, 3.05) is 7.11 Å². The third-order valence-corrected chi connectivity index (χ3v) is 5.15. The average molecular weight is 405 g/mol. The molecule has 0 spiro atoms. The number of carbonyl (C=O) groups excluding carboxylic acids is 2. The third kappa shape index (κ3) is 3.70. The van der Waals surface area contributed by atoms with Crippen molar-refractivity contribution in [2.24, 2.45) is 4.99 Å². The van der Waals surface area contributed by atoms with Gasteiger partial charge in [0, 0.05) is 6.54 Å². The van der Waals surface area contributed by atoms with Crippen molar-refractivity contribution in [1.29, 1.82) is 0 Å². The largest absolute Gasteiger partial charge is 0.465 e. The van der Waals surface area contributed by atoms with Gasteiger partial charge in [0.05, 0.1) is 33.5 Å². The minimum atomic E-state index is -0.782. The Balaban J connectivity index is 2.19. The van der Waals surface area contributed by atoms with Gasteiger partial charge in [0.25, 0.3) is 5.91 Å². The number of hydrogen-bond donors (Lipinski definition) is 0. The maximum atomic E-state index is 14.0. The van der Waals surface area contributed by atoms with Gasteiger partial charge in [0.1, 0.15) is 5.82 Å². The first kappa shape index (κ1) is 19.0. The van der Waals surface area contributed by atoms with E-state index in [0.717, 1.165) is 16.3 Å². The van der Waals surface area contributed by atoms with Crippen LogP contribution in [0.3, 0.4) is 0 Å². The number of amides is 1. The van der Waals surface area contributed by atoms with E-state index in [9.17, 15) is 14.0 Å². The van der Waals surface area contributed by atoms with Crippen LogP contribution in [0.5, 0.6) is 0 Å². The molecule has 0 saturated carbocycles. The first-order valence-corrected chi connectivity index (χ1v) is 9.01. The highest BCUT2D eigenvalue weighted by Gasteiger charge is 2.16. The number of esters is 1. The molecule has 0 radical (unpaired) electrons. The van der Waals surface area contributed by atoms with E-state index < -0.39 is 17.7 Å². The molecule has 0 bridgehead atoms. The van der Waals surface area contributed by atoms with E-state index in [1.807, 2.05) is 0 Å². The van der Waals surface area contributed by atoms with Crippen LogP contribution < -0.4 is 4.80 Å². The lowest BCUT2D eigenvalue weighted by molar-refractivity contribution is 0.0600. The SMILES string of the molecule is C=CCn1c(=NC(=O)c2c(F)cccc2Cl)sc2cc(C(=O)OC)ccc21. The van der Waals surface area contributed by atoms with Gasteiger partial charge in [-0.25, -0.2) is 9.18 Å². The molecule has 2 aromatic carbocycles. The van der Waals surface area contributed by atoms with Gasteiger partial charge < -0.3 is 9.30 Å². The van der Waals surface area contributed by atoms with Crippen molar-refractivity contribution in [2.45, 2.75) is 6.54 Å². The third-order valence-electron chi connectivity index (χ3n) is 3.79. The van der Waals surface area contributed by atoms with Gasteiger partial charge in [-0.15, -0.1) is 6.58 Å². The number of methoxy groups -OCH3 is 1. The highest BCUT2D eigenvalue weighted by atomic mass is 35.5. The van der Waals surface area contributed by atoms with Crippen molar-refractivity contribution in [1.82, 2.24) is 4.57 Å². The minimum Gasteiger partial charge on any atom is -0.465 e. The molecule has 3 aromatic rings. The molecule has 0 unspecified atom stereocenters. The fraction of sp³-hybridized carbons (Fsp3) is 0.105. The summed E-state index contributed by atoms with van der Waals surface area (Å²) in [5, 5.41) is -0.00638. The molecule has 0 aliphatic heterocycles. The molecule has 27 heavy (non-hydrogen) atoms. The molecule has 3 rings (SSSR count). The van der Waals surface area contributed by atoms with Crippen molar-refractivity contribution in [3.05, 3.63) is 75.8 Å². The summed E-state index contributed by atoms with van der Waals surface area (Å²) in [5.41, 5.74) is 0.864. The summed E-state index contributed by atoms with van der Waals surface area (Å²) >= 11 is 7.15. The Hall–Kier alpha value is -2.77. The van der Waals surface area contributed by atoms with Crippen LogP contribution in [0.4, 0.5) is 4.39 Å². The second kappa shape index (κ2) is 7.85. The van der Waals surface area contributed by atoms with E-state index in [1.54, 1.807) is 28.8 Å². The normalized spacial score (nSPS) is 11.6. The summed E-state index contributed by atoms with van der Waals surface area (Å²) in [7, 11) is 1.30. The lowest BCUT2D eigenvalue weighted by Crippen LogP contribution is -2.16. The Morgan fingerprint density at radius 1 is 1.37 bits per heavy atom. The fourth-order valence-electron chi connectivity index (χ4n) is 2.55. The summed E-state index contributed by atoms with van der Waals surface area (Å²) in [5.74, 6) is -1.98. The summed E-state index contributed by atoms with van der Waals surface area (Å²) in [6.45, 7) is 4.09. The van der Waals surface area contributed by atoms with Crippen molar-refractivity contribution < 1.29 is 18.7 Å². The first-order valence-electron chi connectivity index (χ1n) is 7.82. The molecule has 1 aromatic heterocycles. The number of thiazole rings is 1. The molecular weight excluding hydrogens is 391 g/mol. The minimum absolute atomic E-state index is 0.00638. The van der Waals surface area contributed by atoms with Gasteiger partial charge in [0.2, 0.25) is 0 Å². The second-order valence-electron chi connectivity index (χ2n) is 5.47. The van der Waals surface area contributed by atoms with Crippen LogP contribution in [0.25, 0.3) is 10.2 Å². The second-order valence-corrected chi connectivity index (χ2v) is 6.89. The number of halogens is 2. The zero-order chi connectivity index (χ0) is 19.6. The Kier molecular flexibility index (Phi) is 5.53. The number of ether oxygens (including phenoxy) is 1. The van der Waals surface area contributed by atoms with Crippen LogP contribution in [-0.2, 0) is 11.3 Å². The number of nitrogens with zero attached hydrogens (tertiary/aromatic N) is 2.